The van der Waals surface area contributed by atoms with Gasteiger partial charge >= 0.3 is 0 Å². The molecule has 0 aromatic heterocycles. The molecular weight excluding hydrogens is 252 g/mol. The molecule has 114 valence electrons. The summed E-state index contributed by atoms with van der Waals surface area (Å²) in [5.41, 5.74) is 4.82. The van der Waals surface area contributed by atoms with Crippen LogP contribution in [0, 0.1) is 20.8 Å². The molecule has 0 saturated carbocycles. The second-order valence-corrected chi connectivity index (χ2v) is 5.73. The molecule has 2 N–H and O–H groups in total. The van der Waals surface area contributed by atoms with Gasteiger partial charge in [-0.25, -0.2) is 0 Å². The summed E-state index contributed by atoms with van der Waals surface area (Å²) in [6.45, 7) is 12.6. The smallest absolute Gasteiger partial charge is 0.122 e. The lowest BCUT2D eigenvalue weighted by Crippen LogP contribution is -2.24. The third kappa shape index (κ3) is 3.74. The van der Waals surface area contributed by atoms with Crippen LogP contribution in [0.15, 0.2) is 6.07 Å². The summed E-state index contributed by atoms with van der Waals surface area (Å²) in [4.78, 5) is 0. The third-order valence-electron chi connectivity index (χ3n) is 4.05. The maximum Gasteiger partial charge on any atom is 0.122 e. The molecule has 0 aliphatic rings. The van der Waals surface area contributed by atoms with Crippen molar-refractivity contribution in [3.63, 3.8) is 0 Å². The lowest BCUT2D eigenvalue weighted by Gasteiger charge is -2.24. The molecule has 0 radical (unpaired) electrons. The fourth-order valence-corrected chi connectivity index (χ4v) is 2.81. The molecule has 1 rings (SSSR count). The predicted octanol–water partition coefficient (Wildman–Crippen LogP) is 3.25. The quantitative estimate of drug-likeness (QED) is 0.841. The molecule has 3 unspecified atom stereocenters. The van der Waals surface area contributed by atoms with E-state index < -0.39 is 12.2 Å². The van der Waals surface area contributed by atoms with Crippen LogP contribution >= 0.6 is 0 Å². The van der Waals surface area contributed by atoms with Crippen molar-refractivity contribution in [3.05, 3.63) is 28.3 Å². The average Bonchev–Trinajstić information content (AvgIpc) is 2.35. The Kier molecular flexibility index (Phi) is 6.03. The summed E-state index contributed by atoms with van der Waals surface area (Å²) in [6.07, 6.45) is -0.815. The Morgan fingerprint density at radius 2 is 1.70 bits per heavy atom. The first-order valence-corrected chi connectivity index (χ1v) is 7.39. The number of ether oxygens (including phenoxy) is 1. The van der Waals surface area contributed by atoms with Crippen molar-refractivity contribution in [2.45, 2.75) is 66.1 Å². The molecule has 0 aliphatic carbocycles. The van der Waals surface area contributed by atoms with Gasteiger partial charge in [0.25, 0.3) is 0 Å². The van der Waals surface area contributed by atoms with E-state index in [9.17, 15) is 10.2 Å². The SMILES string of the molecule is CCOc1cc(C)c(C(C)CC(O)C(C)O)c(C)c1C. The van der Waals surface area contributed by atoms with Gasteiger partial charge in [0.1, 0.15) is 5.75 Å². The van der Waals surface area contributed by atoms with Crippen molar-refractivity contribution >= 4 is 0 Å². The first-order valence-electron chi connectivity index (χ1n) is 7.39. The summed E-state index contributed by atoms with van der Waals surface area (Å²) >= 11 is 0. The van der Waals surface area contributed by atoms with Crippen molar-refractivity contribution in [2.24, 2.45) is 0 Å². The van der Waals surface area contributed by atoms with Gasteiger partial charge in [-0.1, -0.05) is 6.92 Å². The van der Waals surface area contributed by atoms with Gasteiger partial charge in [0.15, 0.2) is 0 Å². The van der Waals surface area contributed by atoms with Gasteiger partial charge < -0.3 is 14.9 Å². The lowest BCUT2D eigenvalue weighted by atomic mass is 9.85. The van der Waals surface area contributed by atoms with E-state index in [-0.39, 0.29) is 5.92 Å². The normalized spacial score (nSPS) is 15.8. The number of aliphatic hydroxyl groups is 2. The highest BCUT2D eigenvalue weighted by atomic mass is 16.5. The zero-order valence-electron chi connectivity index (χ0n) is 13.5. The summed E-state index contributed by atoms with van der Waals surface area (Å²) < 4.78 is 5.66. The molecule has 0 aliphatic heterocycles. The standard InChI is InChI=1S/C17H28O3/c1-7-20-16-9-11(3)17(13(5)12(16)4)10(2)8-15(19)14(6)18/h9-10,14-15,18-19H,7-8H2,1-6H3. The van der Waals surface area contributed by atoms with Crippen molar-refractivity contribution in [1.82, 2.24) is 0 Å². The van der Waals surface area contributed by atoms with Crippen LogP contribution in [0.1, 0.15) is 55.4 Å². The molecule has 0 fully saturated rings. The Labute approximate surface area is 122 Å². The van der Waals surface area contributed by atoms with Gasteiger partial charge in [0.05, 0.1) is 18.8 Å². The highest BCUT2D eigenvalue weighted by molar-refractivity contribution is 5.49. The van der Waals surface area contributed by atoms with E-state index >= 15 is 0 Å². The summed E-state index contributed by atoms with van der Waals surface area (Å²) in [6, 6.07) is 2.08. The Bertz CT molecular complexity index is 452. The van der Waals surface area contributed by atoms with Crippen LogP contribution < -0.4 is 4.74 Å². The number of aryl methyl sites for hydroxylation is 1. The maximum atomic E-state index is 9.87. The molecule has 0 spiro atoms. The molecule has 3 nitrogen and oxygen atoms in total. The fourth-order valence-electron chi connectivity index (χ4n) is 2.81. The van der Waals surface area contributed by atoms with Crippen LogP contribution in [-0.2, 0) is 0 Å². The molecule has 0 amide bonds. The average molecular weight is 280 g/mol. The van der Waals surface area contributed by atoms with E-state index in [1.54, 1.807) is 6.92 Å². The topological polar surface area (TPSA) is 49.7 Å². The van der Waals surface area contributed by atoms with Crippen LogP contribution in [0.4, 0.5) is 0 Å². The van der Waals surface area contributed by atoms with Gasteiger partial charge in [-0.15, -0.1) is 0 Å². The molecule has 0 bridgehead atoms. The molecule has 3 heteroatoms. The minimum Gasteiger partial charge on any atom is -0.494 e. The molecule has 3 atom stereocenters. The van der Waals surface area contributed by atoms with Gasteiger partial charge in [-0.05, 0) is 75.3 Å². The largest absolute Gasteiger partial charge is 0.494 e. The third-order valence-corrected chi connectivity index (χ3v) is 4.05. The van der Waals surface area contributed by atoms with Crippen molar-refractivity contribution in [2.75, 3.05) is 6.61 Å². The second-order valence-electron chi connectivity index (χ2n) is 5.73. The van der Waals surface area contributed by atoms with Gasteiger partial charge in [-0.2, -0.15) is 0 Å². The molecular formula is C17H28O3. The molecule has 1 aromatic carbocycles. The zero-order chi connectivity index (χ0) is 15.4. The van der Waals surface area contributed by atoms with Crippen LogP contribution in [-0.4, -0.2) is 29.0 Å². The zero-order valence-corrected chi connectivity index (χ0v) is 13.5. The van der Waals surface area contributed by atoms with E-state index in [1.165, 1.54) is 16.7 Å². The highest BCUT2D eigenvalue weighted by Gasteiger charge is 2.21. The molecule has 0 saturated heterocycles. The van der Waals surface area contributed by atoms with Crippen LogP contribution in [0.3, 0.4) is 0 Å². The summed E-state index contributed by atoms with van der Waals surface area (Å²) in [5.74, 6) is 1.14. The van der Waals surface area contributed by atoms with Crippen LogP contribution in [0.2, 0.25) is 0 Å². The number of rotatable bonds is 6. The van der Waals surface area contributed by atoms with Gasteiger partial charge in [-0.3, -0.25) is 0 Å². The molecule has 1 aromatic rings. The minimum atomic E-state index is -0.693. The Hall–Kier alpha value is -1.06. The summed E-state index contributed by atoms with van der Waals surface area (Å²) in [7, 11) is 0. The Morgan fingerprint density at radius 1 is 1.10 bits per heavy atom. The lowest BCUT2D eigenvalue weighted by molar-refractivity contribution is 0.0226. The van der Waals surface area contributed by atoms with Gasteiger partial charge in [0.2, 0.25) is 0 Å². The van der Waals surface area contributed by atoms with Crippen molar-refractivity contribution < 1.29 is 14.9 Å². The first-order chi connectivity index (χ1) is 9.29. The predicted molar refractivity (Wildman–Crippen MR) is 82.5 cm³/mol. The number of benzene rings is 1. The van der Waals surface area contributed by atoms with E-state index in [0.717, 1.165) is 11.3 Å². The van der Waals surface area contributed by atoms with Crippen LogP contribution in [0.5, 0.6) is 5.75 Å². The van der Waals surface area contributed by atoms with Crippen LogP contribution in [0.25, 0.3) is 0 Å². The second kappa shape index (κ2) is 7.09. The summed E-state index contributed by atoms with van der Waals surface area (Å²) in [5, 5.41) is 19.3. The molecule has 0 heterocycles. The number of aliphatic hydroxyl groups excluding tert-OH is 2. The van der Waals surface area contributed by atoms with Crippen molar-refractivity contribution in [3.8, 4) is 5.75 Å². The monoisotopic (exact) mass is 280 g/mol. The highest BCUT2D eigenvalue weighted by Crippen LogP contribution is 2.34. The molecule has 20 heavy (non-hydrogen) atoms. The minimum absolute atomic E-state index is 0.203. The van der Waals surface area contributed by atoms with E-state index in [1.807, 2.05) is 6.92 Å². The van der Waals surface area contributed by atoms with Crippen molar-refractivity contribution in [1.29, 1.82) is 0 Å². The Morgan fingerprint density at radius 3 is 2.20 bits per heavy atom. The maximum absolute atomic E-state index is 9.87. The van der Waals surface area contributed by atoms with Gasteiger partial charge in [0, 0.05) is 0 Å². The Balaban J connectivity index is 3.09. The fraction of sp³-hybridized carbons (Fsp3) is 0.647. The number of hydrogen-bond acceptors (Lipinski definition) is 3. The van der Waals surface area contributed by atoms with E-state index in [0.29, 0.717) is 13.0 Å². The van der Waals surface area contributed by atoms with E-state index in [4.69, 9.17) is 4.74 Å². The van der Waals surface area contributed by atoms with E-state index in [2.05, 4.69) is 33.8 Å². The first kappa shape index (κ1) is 17.0. The number of hydrogen-bond donors (Lipinski definition) is 2.